The van der Waals surface area contributed by atoms with Gasteiger partial charge >= 0.3 is 0 Å². The molecule has 0 atom stereocenters. The number of nitrogens with zero attached hydrogens (tertiary/aromatic N) is 2. The summed E-state index contributed by atoms with van der Waals surface area (Å²) in [5.41, 5.74) is 4.40. The number of nitrogens with one attached hydrogen (secondary N) is 2. The molecular formula is C20H19BrN4O2S. The van der Waals surface area contributed by atoms with Crippen LogP contribution in [0.1, 0.15) is 33.0 Å². The molecule has 0 saturated carbocycles. The number of thiophene rings is 1. The Labute approximate surface area is 175 Å². The zero-order valence-electron chi connectivity index (χ0n) is 15.1. The lowest BCUT2D eigenvalue weighted by atomic mass is 10.2. The van der Waals surface area contributed by atoms with Crippen LogP contribution in [0.3, 0.4) is 0 Å². The number of carbonyl (C=O) groups is 2. The second kappa shape index (κ2) is 8.28. The number of rotatable bonds is 6. The number of fused-ring (bicyclic) bond motifs is 1. The molecule has 144 valence electrons. The lowest BCUT2D eigenvalue weighted by Crippen LogP contribution is -2.36. The molecule has 3 aromatic rings. The van der Waals surface area contributed by atoms with E-state index in [9.17, 15) is 9.59 Å². The number of para-hydroxylation sites is 1. The van der Waals surface area contributed by atoms with Crippen LogP contribution in [0.5, 0.6) is 0 Å². The minimum Gasteiger partial charge on any atom is -0.349 e. The second-order valence-electron chi connectivity index (χ2n) is 6.54. The van der Waals surface area contributed by atoms with E-state index in [-0.39, 0.29) is 18.4 Å². The predicted octanol–water partition coefficient (Wildman–Crippen LogP) is 3.23. The van der Waals surface area contributed by atoms with Crippen molar-refractivity contribution in [2.45, 2.75) is 25.8 Å². The highest BCUT2D eigenvalue weighted by Gasteiger charge is 2.23. The summed E-state index contributed by atoms with van der Waals surface area (Å²) in [5, 5.41) is 10.2. The van der Waals surface area contributed by atoms with Gasteiger partial charge < -0.3 is 10.6 Å². The summed E-state index contributed by atoms with van der Waals surface area (Å²) in [5.74, 6) is -0.481. The van der Waals surface area contributed by atoms with Gasteiger partial charge in [-0.1, -0.05) is 18.2 Å². The van der Waals surface area contributed by atoms with Crippen molar-refractivity contribution in [2.75, 3.05) is 6.54 Å². The van der Waals surface area contributed by atoms with E-state index >= 15 is 0 Å². The van der Waals surface area contributed by atoms with Crippen molar-refractivity contribution in [1.82, 2.24) is 20.4 Å². The van der Waals surface area contributed by atoms with E-state index in [2.05, 4.69) is 26.6 Å². The molecule has 2 aromatic heterocycles. The van der Waals surface area contributed by atoms with Crippen LogP contribution >= 0.6 is 27.3 Å². The topological polar surface area (TPSA) is 76.0 Å². The number of benzene rings is 1. The average molecular weight is 459 g/mol. The van der Waals surface area contributed by atoms with Crippen LogP contribution in [-0.4, -0.2) is 28.1 Å². The fraction of sp³-hybridized carbons (Fsp3) is 0.250. The molecule has 1 aromatic carbocycles. The monoisotopic (exact) mass is 458 g/mol. The van der Waals surface area contributed by atoms with Gasteiger partial charge in [0.15, 0.2) is 0 Å². The van der Waals surface area contributed by atoms with Gasteiger partial charge in [0, 0.05) is 5.69 Å². The molecule has 0 spiro atoms. The van der Waals surface area contributed by atoms with Crippen molar-refractivity contribution in [3.63, 3.8) is 0 Å². The van der Waals surface area contributed by atoms with Crippen LogP contribution in [0.25, 0.3) is 5.69 Å². The van der Waals surface area contributed by atoms with E-state index in [1.54, 1.807) is 6.07 Å². The van der Waals surface area contributed by atoms with Crippen molar-refractivity contribution in [3.05, 3.63) is 68.1 Å². The zero-order valence-corrected chi connectivity index (χ0v) is 17.5. The SMILES string of the molecule is O=C(CNC(=O)c1ccc(Br)s1)NCc1nn(-c2ccccc2)c2c1CCC2. The molecule has 1 aliphatic rings. The van der Waals surface area contributed by atoms with E-state index < -0.39 is 0 Å². The van der Waals surface area contributed by atoms with Crippen LogP contribution in [0.15, 0.2) is 46.3 Å². The molecule has 2 heterocycles. The lowest BCUT2D eigenvalue weighted by Gasteiger charge is -2.06. The Kier molecular flexibility index (Phi) is 5.59. The summed E-state index contributed by atoms with van der Waals surface area (Å²) >= 11 is 4.66. The van der Waals surface area contributed by atoms with Gasteiger partial charge in [0.1, 0.15) is 0 Å². The molecule has 0 radical (unpaired) electrons. The van der Waals surface area contributed by atoms with Gasteiger partial charge in [0.05, 0.1) is 33.1 Å². The van der Waals surface area contributed by atoms with Crippen LogP contribution in [-0.2, 0) is 24.2 Å². The van der Waals surface area contributed by atoms with Crippen LogP contribution in [0, 0.1) is 0 Å². The van der Waals surface area contributed by atoms with Gasteiger partial charge in [0.2, 0.25) is 5.91 Å². The molecule has 1 aliphatic carbocycles. The first-order valence-electron chi connectivity index (χ1n) is 9.07. The quantitative estimate of drug-likeness (QED) is 0.595. The zero-order chi connectivity index (χ0) is 19.5. The maximum atomic E-state index is 12.2. The van der Waals surface area contributed by atoms with Crippen molar-refractivity contribution in [3.8, 4) is 5.69 Å². The first-order chi connectivity index (χ1) is 13.6. The molecule has 8 heteroatoms. The average Bonchev–Trinajstić information content (AvgIpc) is 3.42. The normalized spacial score (nSPS) is 12.6. The smallest absolute Gasteiger partial charge is 0.261 e. The molecule has 0 fully saturated rings. The van der Waals surface area contributed by atoms with Gasteiger partial charge in [-0.25, -0.2) is 4.68 Å². The van der Waals surface area contributed by atoms with Crippen LogP contribution in [0.2, 0.25) is 0 Å². The number of hydrogen-bond acceptors (Lipinski definition) is 4. The minimum atomic E-state index is -0.250. The van der Waals surface area contributed by atoms with Gasteiger partial charge in [0.25, 0.3) is 5.91 Å². The van der Waals surface area contributed by atoms with Crippen molar-refractivity contribution >= 4 is 39.1 Å². The van der Waals surface area contributed by atoms with E-state index in [0.29, 0.717) is 11.4 Å². The molecule has 2 N–H and O–H groups in total. The fourth-order valence-electron chi connectivity index (χ4n) is 3.37. The van der Waals surface area contributed by atoms with Crippen molar-refractivity contribution in [1.29, 1.82) is 0 Å². The molecule has 4 rings (SSSR count). The number of carbonyl (C=O) groups excluding carboxylic acids is 2. The molecule has 0 bridgehead atoms. The first kappa shape index (κ1) is 18.9. The number of halogens is 1. The number of hydrogen-bond donors (Lipinski definition) is 2. The standard InChI is InChI=1S/C20H19BrN4O2S/c21-18-10-9-17(28-18)20(27)23-12-19(26)22-11-15-14-7-4-8-16(14)25(24-15)13-5-2-1-3-6-13/h1-3,5-6,9-10H,4,7-8,11-12H2,(H,22,26)(H,23,27). The summed E-state index contributed by atoms with van der Waals surface area (Å²) in [4.78, 5) is 24.8. The summed E-state index contributed by atoms with van der Waals surface area (Å²) in [6, 6.07) is 13.6. The van der Waals surface area contributed by atoms with Gasteiger partial charge in [-0.2, -0.15) is 5.10 Å². The molecule has 28 heavy (non-hydrogen) atoms. The van der Waals surface area contributed by atoms with E-state index in [1.165, 1.54) is 22.6 Å². The van der Waals surface area contributed by atoms with Gasteiger partial charge in [-0.05, 0) is 65.0 Å². The van der Waals surface area contributed by atoms with E-state index in [0.717, 1.165) is 34.4 Å². The van der Waals surface area contributed by atoms with E-state index in [1.807, 2.05) is 41.1 Å². The summed E-state index contributed by atoms with van der Waals surface area (Å²) in [6.45, 7) is 0.303. The highest BCUT2D eigenvalue weighted by Crippen LogP contribution is 2.27. The largest absolute Gasteiger partial charge is 0.349 e. The van der Waals surface area contributed by atoms with Crippen molar-refractivity contribution < 1.29 is 9.59 Å². The lowest BCUT2D eigenvalue weighted by molar-refractivity contribution is -0.120. The van der Waals surface area contributed by atoms with E-state index in [4.69, 9.17) is 5.10 Å². The highest BCUT2D eigenvalue weighted by atomic mass is 79.9. The summed E-state index contributed by atoms with van der Waals surface area (Å²) < 4.78 is 2.87. The molecule has 6 nitrogen and oxygen atoms in total. The Morgan fingerprint density at radius 2 is 1.93 bits per heavy atom. The third kappa shape index (κ3) is 4.02. The maximum absolute atomic E-state index is 12.2. The van der Waals surface area contributed by atoms with Crippen molar-refractivity contribution in [2.24, 2.45) is 0 Å². The van der Waals surface area contributed by atoms with Gasteiger partial charge in [-0.15, -0.1) is 11.3 Å². The highest BCUT2D eigenvalue weighted by molar-refractivity contribution is 9.11. The molecular weight excluding hydrogens is 440 g/mol. The van der Waals surface area contributed by atoms with Gasteiger partial charge in [-0.3, -0.25) is 9.59 Å². The number of amides is 2. The Morgan fingerprint density at radius 1 is 1.11 bits per heavy atom. The Morgan fingerprint density at radius 3 is 2.68 bits per heavy atom. The number of aromatic nitrogens is 2. The predicted molar refractivity (Wildman–Crippen MR) is 112 cm³/mol. The molecule has 0 aliphatic heterocycles. The first-order valence-corrected chi connectivity index (χ1v) is 10.7. The van der Waals surface area contributed by atoms with Crippen LogP contribution < -0.4 is 10.6 Å². The minimum absolute atomic E-state index is 0.0596. The summed E-state index contributed by atoms with van der Waals surface area (Å²) in [7, 11) is 0. The summed E-state index contributed by atoms with van der Waals surface area (Å²) in [6.07, 6.45) is 3.09. The molecule has 2 amide bonds. The second-order valence-corrected chi connectivity index (χ2v) is 9.00. The van der Waals surface area contributed by atoms with Crippen LogP contribution in [0.4, 0.5) is 0 Å². The Balaban J connectivity index is 1.37. The fourth-order valence-corrected chi connectivity index (χ4v) is 4.67. The Bertz CT molecular complexity index is 1010. The molecule has 0 saturated heterocycles. The maximum Gasteiger partial charge on any atom is 0.261 e. The Hall–Kier alpha value is -2.45. The molecule has 0 unspecified atom stereocenters. The third-order valence-corrected chi connectivity index (χ3v) is 6.30. The third-order valence-electron chi connectivity index (χ3n) is 4.67.